The monoisotopic (exact) mass is 441 g/mol. The summed E-state index contributed by atoms with van der Waals surface area (Å²) in [6.45, 7) is 1.66. The number of amides is 2. The zero-order valence-corrected chi connectivity index (χ0v) is 17.0. The quantitative estimate of drug-likeness (QED) is 0.685. The molecule has 3 fully saturated rings. The van der Waals surface area contributed by atoms with Gasteiger partial charge in [0.2, 0.25) is 5.91 Å². The Bertz CT molecular complexity index is 948. The molecular weight excluding hydrogens is 422 g/mol. The zero-order valence-electron chi connectivity index (χ0n) is 15.4. The number of ether oxygens (including phenoxy) is 1. The molecule has 3 heterocycles. The number of nitrogens with zero attached hydrogens (tertiary/aromatic N) is 3. The number of hydrazine groups is 1. The Hall–Kier alpha value is -2.22. The number of benzene rings is 2. The standard InChI is InChI=1S/C21H20BrN3O3/c1-28-14-9-7-13(8-10-14)18-17-19(24-12-4-11-23(18)24)21(27)25(20(17)26)16-6-3-2-5-15(16)22/h2-3,5-10,17-19H,4,11-12H2,1H3/t17-,18-,19-/m0/s1. The molecule has 6 nitrogen and oxygen atoms in total. The summed E-state index contributed by atoms with van der Waals surface area (Å²) in [6.07, 6.45) is 0.992. The van der Waals surface area contributed by atoms with Crippen molar-refractivity contribution in [1.29, 1.82) is 0 Å². The molecule has 3 aliphatic rings. The highest BCUT2D eigenvalue weighted by Crippen LogP contribution is 2.49. The summed E-state index contributed by atoms with van der Waals surface area (Å²) in [6, 6.07) is 14.6. The van der Waals surface area contributed by atoms with Crippen LogP contribution in [0.2, 0.25) is 0 Å². The van der Waals surface area contributed by atoms with E-state index in [0.717, 1.165) is 35.3 Å². The van der Waals surface area contributed by atoms with E-state index in [1.807, 2.05) is 48.5 Å². The first-order valence-corrected chi connectivity index (χ1v) is 10.2. The second-order valence-electron chi connectivity index (χ2n) is 7.33. The minimum absolute atomic E-state index is 0.128. The molecule has 5 rings (SSSR count). The van der Waals surface area contributed by atoms with Gasteiger partial charge in [0, 0.05) is 17.6 Å². The maximum Gasteiger partial charge on any atom is 0.253 e. The minimum atomic E-state index is -0.436. The maximum absolute atomic E-state index is 13.5. The summed E-state index contributed by atoms with van der Waals surface area (Å²) in [7, 11) is 1.64. The molecule has 2 aromatic rings. The second kappa shape index (κ2) is 6.69. The Balaban J connectivity index is 1.58. The molecule has 2 aromatic carbocycles. The molecule has 0 bridgehead atoms. The lowest BCUT2D eigenvalue weighted by Gasteiger charge is -2.30. The molecule has 3 atom stereocenters. The largest absolute Gasteiger partial charge is 0.497 e. The minimum Gasteiger partial charge on any atom is -0.497 e. The van der Waals surface area contributed by atoms with Gasteiger partial charge >= 0.3 is 0 Å². The van der Waals surface area contributed by atoms with Crippen LogP contribution in [-0.4, -0.2) is 48.1 Å². The number of para-hydroxylation sites is 1. The van der Waals surface area contributed by atoms with Crippen molar-refractivity contribution in [2.75, 3.05) is 25.1 Å². The normalized spacial score (nSPS) is 27.4. The number of hydrogen-bond acceptors (Lipinski definition) is 5. The van der Waals surface area contributed by atoms with Gasteiger partial charge in [-0.2, -0.15) is 0 Å². The van der Waals surface area contributed by atoms with Crippen LogP contribution in [0, 0.1) is 5.92 Å². The SMILES string of the molecule is COc1ccc([C@H]2[C@@H]3C(=O)N(c4ccccc4Br)C(=O)[C@H]3N3CCCN23)cc1. The van der Waals surface area contributed by atoms with E-state index in [0.29, 0.717) is 5.69 Å². The number of carbonyl (C=O) groups is 2. The Morgan fingerprint density at radius 2 is 1.61 bits per heavy atom. The van der Waals surface area contributed by atoms with Crippen molar-refractivity contribution in [1.82, 2.24) is 10.0 Å². The van der Waals surface area contributed by atoms with Crippen LogP contribution in [0.15, 0.2) is 53.0 Å². The number of anilines is 1. The fourth-order valence-electron chi connectivity index (χ4n) is 4.78. The van der Waals surface area contributed by atoms with Crippen molar-refractivity contribution < 1.29 is 14.3 Å². The van der Waals surface area contributed by atoms with E-state index in [9.17, 15) is 9.59 Å². The van der Waals surface area contributed by atoms with Gasteiger partial charge in [0.1, 0.15) is 11.8 Å². The third-order valence-electron chi connectivity index (χ3n) is 5.96. The first-order chi connectivity index (χ1) is 13.6. The Kier molecular flexibility index (Phi) is 4.26. The van der Waals surface area contributed by atoms with E-state index < -0.39 is 12.0 Å². The van der Waals surface area contributed by atoms with E-state index in [-0.39, 0.29) is 17.9 Å². The van der Waals surface area contributed by atoms with Crippen LogP contribution in [0.5, 0.6) is 5.75 Å². The van der Waals surface area contributed by atoms with Gasteiger partial charge in [-0.05, 0) is 52.2 Å². The number of methoxy groups -OCH3 is 1. The first kappa shape index (κ1) is 17.8. The molecule has 3 saturated heterocycles. The lowest BCUT2D eigenvalue weighted by atomic mass is 9.90. The Morgan fingerprint density at radius 1 is 0.929 bits per heavy atom. The van der Waals surface area contributed by atoms with Gasteiger partial charge in [0.05, 0.1) is 24.8 Å². The predicted molar refractivity (Wildman–Crippen MR) is 108 cm³/mol. The number of imide groups is 1. The summed E-state index contributed by atoms with van der Waals surface area (Å²) in [5.41, 5.74) is 1.65. The summed E-state index contributed by atoms with van der Waals surface area (Å²) in [5.74, 6) is 0.107. The fourth-order valence-corrected chi connectivity index (χ4v) is 5.25. The molecule has 0 aliphatic carbocycles. The van der Waals surface area contributed by atoms with E-state index in [2.05, 4.69) is 25.9 Å². The molecule has 144 valence electrons. The molecular formula is C21H20BrN3O3. The summed E-state index contributed by atoms with van der Waals surface area (Å²) in [5, 5.41) is 4.32. The van der Waals surface area contributed by atoms with Crippen LogP contribution in [0.1, 0.15) is 18.0 Å². The second-order valence-corrected chi connectivity index (χ2v) is 8.19. The summed E-state index contributed by atoms with van der Waals surface area (Å²) < 4.78 is 6.02. The van der Waals surface area contributed by atoms with Gasteiger partial charge in [0.25, 0.3) is 5.91 Å². The number of hydrogen-bond donors (Lipinski definition) is 0. The van der Waals surface area contributed by atoms with Gasteiger partial charge in [-0.15, -0.1) is 0 Å². The number of carbonyl (C=O) groups excluding carboxylic acids is 2. The first-order valence-electron chi connectivity index (χ1n) is 9.41. The van der Waals surface area contributed by atoms with Crippen LogP contribution in [0.3, 0.4) is 0 Å². The summed E-state index contributed by atoms with van der Waals surface area (Å²) in [4.78, 5) is 28.2. The van der Waals surface area contributed by atoms with Crippen LogP contribution < -0.4 is 9.64 Å². The van der Waals surface area contributed by atoms with Gasteiger partial charge in [-0.3, -0.25) is 9.59 Å². The molecule has 0 unspecified atom stereocenters. The average Bonchev–Trinajstić information content (AvgIpc) is 3.35. The van der Waals surface area contributed by atoms with Crippen LogP contribution in [-0.2, 0) is 9.59 Å². The van der Waals surface area contributed by atoms with Crippen molar-refractivity contribution in [3.05, 3.63) is 58.6 Å². The molecule has 0 radical (unpaired) electrons. The van der Waals surface area contributed by atoms with Crippen molar-refractivity contribution in [3.8, 4) is 5.75 Å². The highest BCUT2D eigenvalue weighted by molar-refractivity contribution is 9.10. The number of halogens is 1. The highest BCUT2D eigenvalue weighted by atomic mass is 79.9. The summed E-state index contributed by atoms with van der Waals surface area (Å²) >= 11 is 3.49. The zero-order chi connectivity index (χ0) is 19.4. The maximum atomic E-state index is 13.5. The third kappa shape index (κ3) is 2.46. The Labute approximate surface area is 171 Å². The molecule has 3 aliphatic heterocycles. The van der Waals surface area contributed by atoms with E-state index in [4.69, 9.17) is 4.74 Å². The third-order valence-corrected chi connectivity index (χ3v) is 6.63. The topological polar surface area (TPSA) is 53.1 Å². The molecule has 0 aromatic heterocycles. The van der Waals surface area contributed by atoms with E-state index in [1.54, 1.807) is 7.11 Å². The molecule has 7 heteroatoms. The lowest BCUT2D eigenvalue weighted by Crippen LogP contribution is -2.44. The molecule has 28 heavy (non-hydrogen) atoms. The van der Waals surface area contributed by atoms with Crippen molar-refractivity contribution in [2.24, 2.45) is 5.92 Å². The Morgan fingerprint density at radius 3 is 2.29 bits per heavy atom. The van der Waals surface area contributed by atoms with Crippen molar-refractivity contribution in [3.63, 3.8) is 0 Å². The highest BCUT2D eigenvalue weighted by Gasteiger charge is 2.62. The van der Waals surface area contributed by atoms with Crippen LogP contribution in [0.4, 0.5) is 5.69 Å². The smallest absolute Gasteiger partial charge is 0.253 e. The number of fused-ring (bicyclic) bond motifs is 3. The van der Waals surface area contributed by atoms with Gasteiger partial charge < -0.3 is 4.74 Å². The van der Waals surface area contributed by atoms with Crippen molar-refractivity contribution >= 4 is 33.4 Å². The van der Waals surface area contributed by atoms with Gasteiger partial charge in [0.15, 0.2) is 0 Å². The van der Waals surface area contributed by atoms with Gasteiger partial charge in [-0.25, -0.2) is 14.9 Å². The van der Waals surface area contributed by atoms with E-state index >= 15 is 0 Å². The molecule has 2 amide bonds. The van der Waals surface area contributed by atoms with Crippen molar-refractivity contribution in [2.45, 2.75) is 18.5 Å². The average molecular weight is 442 g/mol. The fraction of sp³-hybridized carbons (Fsp3) is 0.333. The van der Waals surface area contributed by atoms with Gasteiger partial charge in [-0.1, -0.05) is 24.3 Å². The van der Waals surface area contributed by atoms with E-state index in [1.165, 1.54) is 4.90 Å². The van der Waals surface area contributed by atoms with Crippen LogP contribution >= 0.6 is 15.9 Å². The predicted octanol–water partition coefficient (Wildman–Crippen LogP) is 2.99. The molecule has 0 N–H and O–H groups in total. The van der Waals surface area contributed by atoms with Crippen LogP contribution in [0.25, 0.3) is 0 Å². The molecule has 0 spiro atoms. The molecule has 0 saturated carbocycles. The number of rotatable bonds is 3. The lowest BCUT2D eigenvalue weighted by molar-refractivity contribution is -0.126.